The molecular weight excluding hydrogens is 621 g/mol. The van der Waals surface area contributed by atoms with Gasteiger partial charge in [0.05, 0.1) is 28.5 Å². The lowest BCUT2D eigenvalue weighted by atomic mass is 9.71. The number of carbonyl (C=O) groups excluding carboxylic acids is 2. The molecule has 0 spiro atoms. The molecule has 238 valence electrons. The third kappa shape index (κ3) is 6.26. The maximum absolute atomic E-state index is 13.5. The Morgan fingerprint density at radius 3 is 2.20 bits per heavy atom. The van der Waals surface area contributed by atoms with Gasteiger partial charge in [0.1, 0.15) is 0 Å². The summed E-state index contributed by atoms with van der Waals surface area (Å²) in [4.78, 5) is 51.0. The third-order valence-electron chi connectivity index (χ3n) is 8.00. The third-order valence-corrected chi connectivity index (χ3v) is 8.28. The van der Waals surface area contributed by atoms with Crippen molar-refractivity contribution in [3.63, 3.8) is 0 Å². The van der Waals surface area contributed by atoms with E-state index >= 15 is 0 Å². The van der Waals surface area contributed by atoms with Gasteiger partial charge in [0.15, 0.2) is 23.1 Å². The van der Waals surface area contributed by atoms with Crippen molar-refractivity contribution in [3.05, 3.63) is 79.1 Å². The summed E-state index contributed by atoms with van der Waals surface area (Å²) in [5.74, 6) is -2.90. The highest BCUT2D eigenvalue weighted by molar-refractivity contribution is 6.32. The van der Waals surface area contributed by atoms with E-state index < -0.39 is 40.0 Å². The molecule has 0 amide bonds. The van der Waals surface area contributed by atoms with E-state index in [1.165, 1.54) is 12.1 Å². The lowest BCUT2D eigenvalue weighted by molar-refractivity contribution is -0.385. The van der Waals surface area contributed by atoms with Crippen LogP contribution in [0.25, 0.3) is 0 Å². The summed E-state index contributed by atoms with van der Waals surface area (Å²) in [6, 6.07) is 4.79. The predicted octanol–water partition coefficient (Wildman–Crippen LogP) is 7.35. The second-order valence-electron chi connectivity index (χ2n) is 10.8. The van der Waals surface area contributed by atoms with Crippen LogP contribution in [0.5, 0.6) is 17.2 Å². The molecule has 1 N–H and O–H groups in total. The zero-order chi connectivity index (χ0) is 32.6. The zero-order valence-corrected chi connectivity index (χ0v) is 24.8. The number of rotatable bonds is 9. The van der Waals surface area contributed by atoms with Crippen LogP contribution in [0.2, 0.25) is 5.02 Å². The standard InChI is InChI=1S/C31H28ClF3N2O8/c1-2-44-25-14-16(13-18(32)30(25)45-24-10-9-17(31(33,34)35)15-21(24)37(42)43)27-28-19(5-3-7-22(28)38)36(12-11-26(40)41)20-6-4-8-23(39)29(20)27/h9-10,13-15,27H,2-8,11-12H2,1H3,(H,40,41). The number of ether oxygens (including phenoxy) is 2. The van der Waals surface area contributed by atoms with Gasteiger partial charge < -0.3 is 19.5 Å². The minimum Gasteiger partial charge on any atom is -0.490 e. The quantitative estimate of drug-likeness (QED) is 0.219. The Kier molecular flexibility index (Phi) is 8.92. The fourth-order valence-corrected chi connectivity index (χ4v) is 6.43. The molecular formula is C31H28ClF3N2O8. The molecule has 14 heteroatoms. The number of Topliss-reactive ketones (excluding diaryl/α,β-unsaturated/α-hetero) is 2. The van der Waals surface area contributed by atoms with Gasteiger partial charge in [-0.3, -0.25) is 24.5 Å². The molecule has 5 rings (SSSR count). The summed E-state index contributed by atoms with van der Waals surface area (Å²) < 4.78 is 51.2. The molecule has 0 saturated carbocycles. The number of hydrogen-bond acceptors (Lipinski definition) is 8. The van der Waals surface area contributed by atoms with Crippen LogP contribution in [-0.4, -0.2) is 45.6 Å². The van der Waals surface area contributed by atoms with Crippen LogP contribution in [0.3, 0.4) is 0 Å². The molecule has 0 bridgehead atoms. The molecule has 45 heavy (non-hydrogen) atoms. The van der Waals surface area contributed by atoms with E-state index in [0.717, 1.165) is 6.07 Å². The molecule has 1 aliphatic heterocycles. The Labute approximate surface area is 260 Å². The van der Waals surface area contributed by atoms with Crippen molar-refractivity contribution in [2.45, 2.75) is 64.0 Å². The molecule has 0 radical (unpaired) electrons. The monoisotopic (exact) mass is 648 g/mol. The van der Waals surface area contributed by atoms with E-state index in [2.05, 4.69) is 0 Å². The Balaban J connectivity index is 1.65. The topological polar surface area (TPSA) is 136 Å². The van der Waals surface area contributed by atoms with Crippen LogP contribution >= 0.6 is 11.6 Å². The first-order chi connectivity index (χ1) is 21.3. The Hall–Kier alpha value is -4.39. The number of halogens is 4. The van der Waals surface area contributed by atoms with Crippen LogP contribution in [0.4, 0.5) is 18.9 Å². The van der Waals surface area contributed by atoms with E-state index in [9.17, 15) is 42.8 Å². The molecule has 0 aromatic heterocycles. The second kappa shape index (κ2) is 12.5. The number of ketones is 2. The first kappa shape index (κ1) is 32.0. The van der Waals surface area contributed by atoms with Gasteiger partial charge in [-0.1, -0.05) is 11.6 Å². The second-order valence-corrected chi connectivity index (χ2v) is 11.2. The van der Waals surface area contributed by atoms with Crippen LogP contribution < -0.4 is 9.47 Å². The lowest BCUT2D eigenvalue weighted by Crippen LogP contribution is -2.39. The van der Waals surface area contributed by atoms with Gasteiger partial charge in [0, 0.05) is 53.9 Å². The average molecular weight is 649 g/mol. The molecule has 2 aliphatic carbocycles. The van der Waals surface area contributed by atoms with E-state index in [0.29, 0.717) is 65.9 Å². The van der Waals surface area contributed by atoms with E-state index in [-0.39, 0.29) is 60.5 Å². The van der Waals surface area contributed by atoms with Gasteiger partial charge in [0.25, 0.3) is 0 Å². The number of allylic oxidation sites excluding steroid dienone is 4. The number of hydrogen-bond donors (Lipinski definition) is 1. The number of alkyl halides is 3. The van der Waals surface area contributed by atoms with Crippen molar-refractivity contribution < 1.29 is 47.1 Å². The molecule has 0 saturated heterocycles. The molecule has 0 atom stereocenters. The van der Waals surface area contributed by atoms with Crippen LogP contribution in [0.15, 0.2) is 52.9 Å². The maximum atomic E-state index is 13.5. The fraction of sp³-hybridized carbons (Fsp3) is 0.387. The highest BCUT2D eigenvalue weighted by Gasteiger charge is 2.44. The number of nitro benzene ring substituents is 1. The number of carboxylic acids is 1. The number of carboxylic acid groups (broad SMARTS) is 1. The highest BCUT2D eigenvalue weighted by atomic mass is 35.5. The summed E-state index contributed by atoms with van der Waals surface area (Å²) in [5, 5.41) is 20.9. The largest absolute Gasteiger partial charge is 0.490 e. The van der Waals surface area contributed by atoms with Gasteiger partial charge in [-0.05, 0) is 62.4 Å². The van der Waals surface area contributed by atoms with Gasteiger partial charge in [-0.15, -0.1) is 0 Å². The summed E-state index contributed by atoms with van der Waals surface area (Å²) in [5.41, 5.74) is 0.344. The fourth-order valence-electron chi connectivity index (χ4n) is 6.18. The summed E-state index contributed by atoms with van der Waals surface area (Å²) in [6.45, 7) is 1.84. The lowest BCUT2D eigenvalue weighted by Gasteiger charge is -2.44. The molecule has 3 aliphatic rings. The minimum absolute atomic E-state index is 0.00156. The normalized spacial score (nSPS) is 17.3. The Morgan fingerprint density at radius 2 is 1.67 bits per heavy atom. The Morgan fingerprint density at radius 1 is 1.04 bits per heavy atom. The first-order valence-corrected chi connectivity index (χ1v) is 14.7. The smallest absolute Gasteiger partial charge is 0.416 e. The molecule has 0 unspecified atom stereocenters. The van der Waals surface area contributed by atoms with Crippen molar-refractivity contribution in [2.24, 2.45) is 0 Å². The van der Waals surface area contributed by atoms with Gasteiger partial charge in [-0.25, -0.2) is 0 Å². The van der Waals surface area contributed by atoms with Crippen molar-refractivity contribution in [1.82, 2.24) is 4.90 Å². The summed E-state index contributed by atoms with van der Waals surface area (Å²) in [7, 11) is 0. The van der Waals surface area contributed by atoms with Crippen LogP contribution in [0, 0.1) is 10.1 Å². The van der Waals surface area contributed by atoms with Crippen molar-refractivity contribution in [1.29, 1.82) is 0 Å². The van der Waals surface area contributed by atoms with Crippen molar-refractivity contribution >= 4 is 34.8 Å². The van der Waals surface area contributed by atoms with Crippen molar-refractivity contribution in [2.75, 3.05) is 13.2 Å². The number of nitro groups is 1. The van der Waals surface area contributed by atoms with Crippen LogP contribution in [-0.2, 0) is 20.6 Å². The van der Waals surface area contributed by atoms with E-state index in [1.54, 1.807) is 6.92 Å². The first-order valence-electron chi connectivity index (χ1n) is 14.3. The molecule has 0 fully saturated rings. The average Bonchev–Trinajstić information content (AvgIpc) is 2.97. The molecule has 2 aromatic carbocycles. The van der Waals surface area contributed by atoms with E-state index in [1.807, 2.05) is 4.90 Å². The molecule has 1 heterocycles. The molecule has 10 nitrogen and oxygen atoms in total. The van der Waals surface area contributed by atoms with Gasteiger partial charge in [0.2, 0.25) is 5.75 Å². The highest BCUT2D eigenvalue weighted by Crippen LogP contribution is 2.52. The van der Waals surface area contributed by atoms with E-state index in [4.69, 9.17) is 21.1 Å². The number of nitrogens with zero attached hydrogens (tertiary/aromatic N) is 2. The number of aliphatic carboxylic acids is 1. The van der Waals surface area contributed by atoms with Crippen LogP contribution in [0.1, 0.15) is 68.9 Å². The molecule has 2 aromatic rings. The van der Waals surface area contributed by atoms with Gasteiger partial charge >= 0.3 is 17.8 Å². The maximum Gasteiger partial charge on any atom is 0.416 e. The van der Waals surface area contributed by atoms with Gasteiger partial charge in [-0.2, -0.15) is 13.2 Å². The zero-order valence-electron chi connectivity index (χ0n) is 24.0. The summed E-state index contributed by atoms with van der Waals surface area (Å²) in [6.07, 6.45) is -2.39. The number of benzene rings is 2. The SMILES string of the molecule is CCOc1cc(C2C3=C(CCCC3=O)N(CCC(=O)O)C3=C2C(=O)CCC3)cc(Cl)c1Oc1ccc(C(F)(F)F)cc1[N+](=O)[O-]. The minimum atomic E-state index is -4.82. The Bertz CT molecular complexity index is 1620. The van der Waals surface area contributed by atoms with Crippen molar-refractivity contribution in [3.8, 4) is 17.2 Å². The number of carbonyl (C=O) groups is 3. The summed E-state index contributed by atoms with van der Waals surface area (Å²) >= 11 is 6.68. The predicted molar refractivity (Wildman–Crippen MR) is 154 cm³/mol.